The molecular formula is C11H12N2O3. The molecule has 2 aromatic rings. The molecule has 1 aromatic heterocycles. The quantitative estimate of drug-likeness (QED) is 0.855. The van der Waals surface area contributed by atoms with Crippen LogP contribution in [0.15, 0.2) is 28.8 Å². The molecule has 0 saturated carbocycles. The van der Waals surface area contributed by atoms with Crippen LogP contribution in [0.5, 0.6) is 11.5 Å². The molecule has 1 heterocycles. The second-order valence-corrected chi connectivity index (χ2v) is 3.18. The number of nitrogens with two attached hydrogens (primary N) is 1. The third-order valence-corrected chi connectivity index (χ3v) is 2.21. The van der Waals surface area contributed by atoms with Crippen molar-refractivity contribution in [2.45, 2.75) is 0 Å². The van der Waals surface area contributed by atoms with Crippen LogP contribution in [-0.2, 0) is 0 Å². The van der Waals surface area contributed by atoms with E-state index in [1.807, 2.05) is 12.1 Å². The Labute approximate surface area is 92.8 Å². The van der Waals surface area contributed by atoms with E-state index >= 15 is 0 Å². The Morgan fingerprint density at radius 2 is 2.00 bits per heavy atom. The molecule has 0 aliphatic carbocycles. The van der Waals surface area contributed by atoms with Gasteiger partial charge in [0.2, 0.25) is 5.88 Å². The van der Waals surface area contributed by atoms with Gasteiger partial charge in [0, 0.05) is 17.7 Å². The maximum Gasteiger partial charge on any atom is 0.222 e. The number of benzene rings is 1. The molecule has 0 aliphatic heterocycles. The highest BCUT2D eigenvalue weighted by Crippen LogP contribution is 2.33. The van der Waals surface area contributed by atoms with Gasteiger partial charge in [-0.05, 0) is 12.1 Å². The van der Waals surface area contributed by atoms with Gasteiger partial charge >= 0.3 is 0 Å². The van der Waals surface area contributed by atoms with Crippen LogP contribution in [0.4, 0.5) is 5.88 Å². The van der Waals surface area contributed by atoms with Crippen molar-refractivity contribution in [2.24, 2.45) is 0 Å². The lowest BCUT2D eigenvalue weighted by Gasteiger charge is -2.07. The van der Waals surface area contributed by atoms with E-state index < -0.39 is 0 Å². The summed E-state index contributed by atoms with van der Waals surface area (Å²) in [5.74, 6) is 1.65. The highest BCUT2D eigenvalue weighted by molar-refractivity contribution is 5.69. The number of rotatable bonds is 3. The van der Waals surface area contributed by atoms with Gasteiger partial charge in [0.05, 0.1) is 14.2 Å². The van der Waals surface area contributed by atoms with E-state index in [-0.39, 0.29) is 5.88 Å². The summed E-state index contributed by atoms with van der Waals surface area (Å²) in [6.45, 7) is 0. The average Bonchev–Trinajstić information content (AvgIpc) is 2.74. The number of aromatic nitrogens is 1. The van der Waals surface area contributed by atoms with Gasteiger partial charge in [0.15, 0.2) is 0 Å². The minimum absolute atomic E-state index is 0.271. The van der Waals surface area contributed by atoms with E-state index in [1.54, 1.807) is 26.4 Å². The van der Waals surface area contributed by atoms with Crippen molar-refractivity contribution in [3.05, 3.63) is 24.3 Å². The molecule has 84 valence electrons. The van der Waals surface area contributed by atoms with E-state index in [0.29, 0.717) is 11.4 Å². The SMILES string of the molecule is COc1ccc(-c2cc(N)on2)c(OC)c1. The summed E-state index contributed by atoms with van der Waals surface area (Å²) in [7, 11) is 3.18. The summed E-state index contributed by atoms with van der Waals surface area (Å²) < 4.78 is 15.2. The van der Waals surface area contributed by atoms with Gasteiger partial charge in [-0.1, -0.05) is 5.16 Å². The first-order valence-electron chi connectivity index (χ1n) is 4.69. The molecule has 0 unspecified atom stereocenters. The third kappa shape index (κ3) is 1.79. The molecule has 2 rings (SSSR count). The van der Waals surface area contributed by atoms with Crippen molar-refractivity contribution in [2.75, 3.05) is 20.0 Å². The smallest absolute Gasteiger partial charge is 0.222 e. The van der Waals surface area contributed by atoms with Crippen LogP contribution in [0, 0.1) is 0 Å². The summed E-state index contributed by atoms with van der Waals surface area (Å²) in [5, 5.41) is 3.83. The van der Waals surface area contributed by atoms with Crippen LogP contribution < -0.4 is 15.2 Å². The number of nitrogens with zero attached hydrogens (tertiary/aromatic N) is 1. The van der Waals surface area contributed by atoms with Crippen LogP contribution in [0.25, 0.3) is 11.3 Å². The predicted molar refractivity (Wildman–Crippen MR) is 59.5 cm³/mol. The fraction of sp³-hybridized carbons (Fsp3) is 0.182. The number of anilines is 1. The lowest BCUT2D eigenvalue weighted by molar-refractivity contribution is 0.394. The normalized spacial score (nSPS) is 10.1. The van der Waals surface area contributed by atoms with Crippen molar-refractivity contribution in [1.29, 1.82) is 0 Å². The number of hydrogen-bond acceptors (Lipinski definition) is 5. The fourth-order valence-corrected chi connectivity index (χ4v) is 1.43. The molecule has 0 atom stereocenters. The molecule has 2 N–H and O–H groups in total. The van der Waals surface area contributed by atoms with E-state index in [4.69, 9.17) is 19.7 Å². The maximum atomic E-state index is 5.47. The molecule has 1 aromatic carbocycles. The highest BCUT2D eigenvalue weighted by atomic mass is 16.5. The summed E-state index contributed by atoms with van der Waals surface area (Å²) >= 11 is 0. The van der Waals surface area contributed by atoms with E-state index in [2.05, 4.69) is 5.16 Å². The summed E-state index contributed by atoms with van der Waals surface area (Å²) in [6.07, 6.45) is 0. The first-order valence-corrected chi connectivity index (χ1v) is 4.69. The molecule has 0 bridgehead atoms. The molecule has 0 radical (unpaired) electrons. The van der Waals surface area contributed by atoms with Gasteiger partial charge in [0.1, 0.15) is 17.2 Å². The monoisotopic (exact) mass is 220 g/mol. The Balaban J connectivity index is 2.48. The second-order valence-electron chi connectivity index (χ2n) is 3.18. The zero-order valence-electron chi connectivity index (χ0n) is 9.06. The Hall–Kier alpha value is -2.17. The molecular weight excluding hydrogens is 208 g/mol. The standard InChI is InChI=1S/C11H12N2O3/c1-14-7-3-4-8(10(5-7)15-2)9-6-11(12)16-13-9/h3-6H,12H2,1-2H3. The fourth-order valence-electron chi connectivity index (χ4n) is 1.43. The first kappa shape index (κ1) is 10.4. The van der Waals surface area contributed by atoms with E-state index in [9.17, 15) is 0 Å². The molecule has 0 saturated heterocycles. The third-order valence-electron chi connectivity index (χ3n) is 2.21. The lowest BCUT2D eigenvalue weighted by Crippen LogP contribution is -1.90. The Morgan fingerprint density at radius 1 is 1.19 bits per heavy atom. The second kappa shape index (κ2) is 4.14. The van der Waals surface area contributed by atoms with Crippen LogP contribution in [-0.4, -0.2) is 19.4 Å². The van der Waals surface area contributed by atoms with Crippen molar-refractivity contribution < 1.29 is 14.0 Å². The largest absolute Gasteiger partial charge is 0.497 e. The predicted octanol–water partition coefficient (Wildman–Crippen LogP) is 1.94. The lowest BCUT2D eigenvalue weighted by atomic mass is 10.1. The molecule has 0 amide bonds. The maximum absolute atomic E-state index is 5.47. The average molecular weight is 220 g/mol. The van der Waals surface area contributed by atoms with Crippen molar-refractivity contribution >= 4 is 5.88 Å². The summed E-state index contributed by atoms with van der Waals surface area (Å²) in [6, 6.07) is 7.09. The Morgan fingerprint density at radius 3 is 2.56 bits per heavy atom. The minimum atomic E-state index is 0.271. The Bertz CT molecular complexity index is 494. The van der Waals surface area contributed by atoms with Gasteiger partial charge in [-0.2, -0.15) is 0 Å². The molecule has 0 fully saturated rings. The zero-order valence-corrected chi connectivity index (χ0v) is 9.06. The number of hydrogen-bond donors (Lipinski definition) is 1. The number of methoxy groups -OCH3 is 2. The topological polar surface area (TPSA) is 70.5 Å². The van der Waals surface area contributed by atoms with Gasteiger partial charge in [-0.15, -0.1) is 0 Å². The van der Waals surface area contributed by atoms with Crippen molar-refractivity contribution in [3.63, 3.8) is 0 Å². The number of nitrogen functional groups attached to an aromatic ring is 1. The van der Waals surface area contributed by atoms with E-state index in [0.717, 1.165) is 11.3 Å². The van der Waals surface area contributed by atoms with Gasteiger partial charge < -0.3 is 19.7 Å². The van der Waals surface area contributed by atoms with Gasteiger partial charge in [-0.25, -0.2) is 0 Å². The zero-order chi connectivity index (χ0) is 11.5. The van der Waals surface area contributed by atoms with Gasteiger partial charge in [0.25, 0.3) is 0 Å². The molecule has 5 nitrogen and oxygen atoms in total. The first-order chi connectivity index (χ1) is 7.74. The molecule has 0 spiro atoms. The summed E-state index contributed by atoms with van der Waals surface area (Å²) in [4.78, 5) is 0. The van der Waals surface area contributed by atoms with Crippen LogP contribution in [0.3, 0.4) is 0 Å². The molecule has 16 heavy (non-hydrogen) atoms. The van der Waals surface area contributed by atoms with Gasteiger partial charge in [-0.3, -0.25) is 0 Å². The molecule has 0 aliphatic rings. The van der Waals surface area contributed by atoms with Crippen LogP contribution in [0.1, 0.15) is 0 Å². The van der Waals surface area contributed by atoms with E-state index in [1.165, 1.54) is 0 Å². The summed E-state index contributed by atoms with van der Waals surface area (Å²) in [5.41, 5.74) is 6.91. The van der Waals surface area contributed by atoms with Crippen LogP contribution in [0.2, 0.25) is 0 Å². The Kier molecular flexibility index (Phi) is 2.68. The van der Waals surface area contributed by atoms with Crippen LogP contribution >= 0.6 is 0 Å². The highest BCUT2D eigenvalue weighted by Gasteiger charge is 2.11. The van der Waals surface area contributed by atoms with Crippen molar-refractivity contribution in [1.82, 2.24) is 5.16 Å². The molecule has 5 heteroatoms. The van der Waals surface area contributed by atoms with Crippen molar-refractivity contribution in [3.8, 4) is 22.8 Å². The number of ether oxygens (including phenoxy) is 2. The minimum Gasteiger partial charge on any atom is -0.497 e.